The summed E-state index contributed by atoms with van der Waals surface area (Å²) in [6.07, 6.45) is 13.1. The van der Waals surface area contributed by atoms with Crippen molar-refractivity contribution in [2.75, 3.05) is 7.05 Å². The van der Waals surface area contributed by atoms with E-state index in [9.17, 15) is 0 Å². The first kappa shape index (κ1) is 8.38. The predicted molar refractivity (Wildman–Crippen MR) is 49.4 cm³/mol. The number of rotatable bonds is 2. The normalized spacial score (nSPS) is 18.8. The van der Waals surface area contributed by atoms with Gasteiger partial charge in [0.1, 0.15) is 0 Å². The summed E-state index contributed by atoms with van der Waals surface area (Å²) >= 11 is 0. The van der Waals surface area contributed by atoms with Crippen LogP contribution < -0.4 is 5.32 Å². The van der Waals surface area contributed by atoms with E-state index >= 15 is 0 Å². The Morgan fingerprint density at radius 1 is 1.18 bits per heavy atom. The zero-order valence-corrected chi connectivity index (χ0v) is 7.27. The van der Waals surface area contributed by atoms with Gasteiger partial charge in [0.25, 0.3) is 0 Å². The van der Waals surface area contributed by atoms with Gasteiger partial charge in [-0.1, -0.05) is 18.1 Å². The molecular formula is C10H17N. The predicted octanol–water partition coefficient (Wildman–Crippen LogP) is 2.61. The Morgan fingerprint density at radius 2 is 1.91 bits per heavy atom. The quantitative estimate of drug-likeness (QED) is 0.639. The molecule has 11 heavy (non-hydrogen) atoms. The Hall–Kier alpha value is -0.720. The molecule has 1 aliphatic carbocycles. The van der Waals surface area contributed by atoms with Crippen molar-refractivity contribution < 1.29 is 0 Å². The summed E-state index contributed by atoms with van der Waals surface area (Å²) in [4.78, 5) is 0. The molecule has 0 heterocycles. The van der Waals surface area contributed by atoms with Crippen LogP contribution >= 0.6 is 0 Å². The third-order valence-electron chi connectivity index (χ3n) is 2.09. The highest BCUT2D eigenvalue weighted by atomic mass is 14.8. The topological polar surface area (TPSA) is 12.0 Å². The minimum Gasteiger partial charge on any atom is -0.394 e. The van der Waals surface area contributed by atoms with Crippen LogP contribution in [0.25, 0.3) is 0 Å². The van der Waals surface area contributed by atoms with Gasteiger partial charge in [-0.05, 0) is 38.0 Å². The van der Waals surface area contributed by atoms with Crippen LogP contribution in [0.2, 0.25) is 0 Å². The molecule has 62 valence electrons. The number of nitrogens with one attached hydrogen (secondary N) is 1. The molecule has 0 aromatic heterocycles. The second kappa shape index (κ2) is 5.00. The molecule has 0 aliphatic heterocycles. The van der Waals surface area contributed by atoms with Crippen molar-refractivity contribution in [1.82, 2.24) is 5.32 Å². The lowest BCUT2D eigenvalue weighted by Crippen LogP contribution is -1.93. The average Bonchev–Trinajstić information content (AvgIpc) is 2.07. The standard InChI is InChI=1S/C10H17N/c1-11-9-5-8-10-6-3-2-4-7-10/h5,8-9,11H,2-4,6-7H2,1H3/b9-5-. The zero-order chi connectivity index (χ0) is 7.94. The van der Waals surface area contributed by atoms with Crippen LogP contribution in [0, 0.1) is 0 Å². The molecule has 0 spiro atoms. The molecule has 0 aromatic rings. The first-order valence-corrected chi connectivity index (χ1v) is 4.45. The van der Waals surface area contributed by atoms with E-state index in [-0.39, 0.29) is 0 Å². The lowest BCUT2D eigenvalue weighted by atomic mass is 9.95. The zero-order valence-electron chi connectivity index (χ0n) is 7.27. The molecular weight excluding hydrogens is 134 g/mol. The first-order chi connectivity index (χ1) is 5.43. The molecule has 0 saturated heterocycles. The molecule has 1 nitrogen and oxygen atoms in total. The summed E-state index contributed by atoms with van der Waals surface area (Å²) in [5, 5.41) is 2.98. The molecule has 1 saturated carbocycles. The van der Waals surface area contributed by atoms with E-state index < -0.39 is 0 Å². The smallest absolute Gasteiger partial charge is 0.00277 e. The van der Waals surface area contributed by atoms with Crippen LogP contribution in [-0.2, 0) is 0 Å². The van der Waals surface area contributed by atoms with Crippen molar-refractivity contribution in [3.63, 3.8) is 0 Å². The van der Waals surface area contributed by atoms with Gasteiger partial charge in [0.15, 0.2) is 0 Å². The maximum absolute atomic E-state index is 2.98. The van der Waals surface area contributed by atoms with Crippen molar-refractivity contribution >= 4 is 0 Å². The molecule has 0 aromatic carbocycles. The van der Waals surface area contributed by atoms with Crippen molar-refractivity contribution in [2.24, 2.45) is 0 Å². The van der Waals surface area contributed by atoms with Crippen LogP contribution in [0.15, 0.2) is 23.9 Å². The van der Waals surface area contributed by atoms with Crippen LogP contribution in [0.3, 0.4) is 0 Å². The Kier molecular flexibility index (Phi) is 3.81. The van der Waals surface area contributed by atoms with Gasteiger partial charge >= 0.3 is 0 Å². The molecule has 0 radical (unpaired) electrons. The molecule has 1 heteroatoms. The van der Waals surface area contributed by atoms with Gasteiger partial charge < -0.3 is 5.32 Å². The van der Waals surface area contributed by atoms with E-state index in [0.717, 1.165) is 0 Å². The summed E-state index contributed by atoms with van der Waals surface area (Å²) in [5.74, 6) is 0. The van der Waals surface area contributed by atoms with Gasteiger partial charge in [-0.3, -0.25) is 0 Å². The largest absolute Gasteiger partial charge is 0.394 e. The van der Waals surface area contributed by atoms with Crippen LogP contribution in [0.5, 0.6) is 0 Å². The van der Waals surface area contributed by atoms with Crippen molar-refractivity contribution in [2.45, 2.75) is 32.1 Å². The van der Waals surface area contributed by atoms with E-state index in [4.69, 9.17) is 0 Å². The fraction of sp³-hybridized carbons (Fsp3) is 0.600. The van der Waals surface area contributed by atoms with Crippen molar-refractivity contribution in [3.8, 4) is 0 Å². The Balaban J connectivity index is 2.31. The lowest BCUT2D eigenvalue weighted by Gasteiger charge is -2.12. The number of allylic oxidation sites excluding steroid dienone is 3. The summed E-state index contributed by atoms with van der Waals surface area (Å²) in [6, 6.07) is 0. The lowest BCUT2D eigenvalue weighted by molar-refractivity contribution is 0.599. The number of hydrogen-bond donors (Lipinski definition) is 1. The van der Waals surface area contributed by atoms with Gasteiger partial charge in [0, 0.05) is 7.05 Å². The minimum absolute atomic E-state index is 1.31. The minimum atomic E-state index is 1.31. The third kappa shape index (κ3) is 3.26. The molecule has 0 unspecified atom stereocenters. The average molecular weight is 151 g/mol. The molecule has 1 fully saturated rings. The second-order valence-corrected chi connectivity index (χ2v) is 3.03. The highest BCUT2D eigenvalue weighted by molar-refractivity contribution is 5.13. The molecule has 1 rings (SSSR count). The van der Waals surface area contributed by atoms with Crippen LogP contribution in [0.1, 0.15) is 32.1 Å². The van der Waals surface area contributed by atoms with Crippen molar-refractivity contribution in [3.05, 3.63) is 23.9 Å². The van der Waals surface area contributed by atoms with E-state index in [1.807, 2.05) is 13.2 Å². The summed E-state index contributed by atoms with van der Waals surface area (Å²) in [6.45, 7) is 0. The van der Waals surface area contributed by atoms with Crippen molar-refractivity contribution in [1.29, 1.82) is 0 Å². The van der Waals surface area contributed by atoms with Crippen LogP contribution in [-0.4, -0.2) is 7.05 Å². The fourth-order valence-corrected chi connectivity index (χ4v) is 1.45. The van der Waals surface area contributed by atoms with E-state index in [2.05, 4.69) is 17.5 Å². The monoisotopic (exact) mass is 151 g/mol. The number of hydrogen-bond acceptors (Lipinski definition) is 1. The highest BCUT2D eigenvalue weighted by Crippen LogP contribution is 2.22. The van der Waals surface area contributed by atoms with Gasteiger partial charge in [0.2, 0.25) is 0 Å². The van der Waals surface area contributed by atoms with E-state index in [1.165, 1.54) is 32.1 Å². The second-order valence-electron chi connectivity index (χ2n) is 3.03. The van der Waals surface area contributed by atoms with E-state index in [0.29, 0.717) is 0 Å². The van der Waals surface area contributed by atoms with Crippen LogP contribution in [0.4, 0.5) is 0 Å². The maximum Gasteiger partial charge on any atom is 0.00277 e. The summed E-state index contributed by atoms with van der Waals surface area (Å²) in [7, 11) is 1.93. The molecule has 0 bridgehead atoms. The van der Waals surface area contributed by atoms with Gasteiger partial charge in [-0.25, -0.2) is 0 Å². The van der Waals surface area contributed by atoms with Gasteiger partial charge in [-0.2, -0.15) is 0 Å². The first-order valence-electron chi connectivity index (χ1n) is 4.45. The fourth-order valence-electron chi connectivity index (χ4n) is 1.45. The Morgan fingerprint density at radius 3 is 2.55 bits per heavy atom. The van der Waals surface area contributed by atoms with Gasteiger partial charge in [-0.15, -0.1) is 0 Å². The van der Waals surface area contributed by atoms with E-state index in [1.54, 1.807) is 5.57 Å². The maximum atomic E-state index is 2.98. The summed E-state index contributed by atoms with van der Waals surface area (Å²) < 4.78 is 0. The highest BCUT2D eigenvalue weighted by Gasteiger charge is 2.02. The Labute approximate surface area is 69.2 Å². The molecule has 0 amide bonds. The third-order valence-corrected chi connectivity index (χ3v) is 2.09. The molecule has 1 N–H and O–H groups in total. The molecule has 1 aliphatic rings. The van der Waals surface area contributed by atoms with Gasteiger partial charge in [0.05, 0.1) is 0 Å². The Bertz CT molecular complexity index is 148. The molecule has 0 atom stereocenters. The summed E-state index contributed by atoms with van der Waals surface area (Å²) in [5.41, 5.74) is 1.61. The SMILES string of the molecule is CN/C=C\C=C1CCCCC1.